The molecule has 0 spiro atoms. The molecule has 5 rings (SSSR count). The van der Waals surface area contributed by atoms with Crippen LogP contribution in [-0.4, -0.2) is 101 Å². The van der Waals surface area contributed by atoms with E-state index in [0.29, 0.717) is 56.1 Å². The predicted molar refractivity (Wildman–Crippen MR) is 158 cm³/mol. The van der Waals surface area contributed by atoms with Crippen LogP contribution in [0.15, 0.2) is 41.5 Å². The van der Waals surface area contributed by atoms with Crippen molar-refractivity contribution in [2.75, 3.05) is 51.7 Å². The molecule has 0 saturated carbocycles. The van der Waals surface area contributed by atoms with Gasteiger partial charge in [-0.05, 0) is 42.8 Å². The molecule has 0 radical (unpaired) electrons. The monoisotopic (exact) mass is 609 g/mol. The molecule has 2 saturated heterocycles. The summed E-state index contributed by atoms with van der Waals surface area (Å²) in [4.78, 5) is 50.1. The molecule has 1 aromatic heterocycles. The lowest BCUT2D eigenvalue weighted by atomic mass is 10.1. The molecule has 0 aliphatic carbocycles. The molecule has 3 heterocycles. The zero-order chi connectivity index (χ0) is 31.5. The molecule has 2 fully saturated rings. The average Bonchev–Trinajstić information content (AvgIpc) is 3.61. The number of nitrogens with one attached hydrogen (secondary N) is 2. The van der Waals surface area contributed by atoms with E-state index < -0.39 is 29.7 Å². The Morgan fingerprint density at radius 1 is 1.09 bits per heavy atom. The second-order valence-electron chi connectivity index (χ2n) is 10.7. The molecular formula is C30H33F2N7O5. The third-order valence-corrected chi connectivity index (χ3v) is 7.89. The highest BCUT2D eigenvalue weighted by molar-refractivity contribution is 6.03. The van der Waals surface area contributed by atoms with Crippen molar-refractivity contribution in [3.05, 3.63) is 65.1 Å². The van der Waals surface area contributed by atoms with E-state index in [-0.39, 0.29) is 34.7 Å². The molecule has 0 bridgehead atoms. The van der Waals surface area contributed by atoms with Gasteiger partial charge in [0.25, 0.3) is 11.8 Å². The second-order valence-corrected chi connectivity index (χ2v) is 10.7. The van der Waals surface area contributed by atoms with Crippen LogP contribution in [0.3, 0.4) is 0 Å². The summed E-state index contributed by atoms with van der Waals surface area (Å²) in [5.74, 6) is -3.49. The molecule has 14 heteroatoms. The quantitative estimate of drug-likeness (QED) is 0.365. The number of carbonyl (C=O) groups excluding carboxylic acids is 3. The number of halogens is 2. The highest BCUT2D eigenvalue weighted by Crippen LogP contribution is 2.30. The normalized spacial score (nSPS) is 18.6. The second kappa shape index (κ2) is 12.9. The molecule has 3 N–H and O–H groups in total. The standard InChI is InChI=1S/C30H33F2N7O5/c1-17-12-19(36-28(41)27-34-15-22(37(27)2)21-6-7-24(44-3)26(32)25(21)31)4-5-20(17)29(42)38-8-10-39(11-9-38)30(43)35-14-18-13-33-16-23(18)40/h4-7,12,14-15,18,23,33,40H,8-11,13,16H2,1-3H3,(H,36,41)/t18?,23-/m0/s1. The van der Waals surface area contributed by atoms with Gasteiger partial charge in [0, 0.05) is 75.3 Å². The number of hydrogen-bond donors (Lipinski definition) is 3. The number of imidazole rings is 1. The molecule has 3 aromatic rings. The summed E-state index contributed by atoms with van der Waals surface area (Å²) >= 11 is 0. The average molecular weight is 610 g/mol. The summed E-state index contributed by atoms with van der Waals surface area (Å²) in [5, 5.41) is 15.6. The number of aliphatic hydroxyl groups excluding tert-OH is 1. The number of rotatable bonds is 6. The van der Waals surface area contributed by atoms with E-state index in [4.69, 9.17) is 4.74 Å². The number of aliphatic hydroxyl groups is 1. The minimum atomic E-state index is -1.14. The number of β-amino-alcohol motifs (C(OH)–C–C–N with tert-alkyl or cyclic N) is 1. The maximum atomic E-state index is 14.6. The van der Waals surface area contributed by atoms with E-state index in [2.05, 4.69) is 20.6 Å². The summed E-state index contributed by atoms with van der Waals surface area (Å²) in [5.41, 5.74) is 1.64. The third-order valence-electron chi connectivity index (χ3n) is 7.89. The van der Waals surface area contributed by atoms with Gasteiger partial charge in [-0.3, -0.25) is 9.59 Å². The van der Waals surface area contributed by atoms with Crippen LogP contribution in [0.1, 0.15) is 26.5 Å². The third kappa shape index (κ3) is 6.17. The molecule has 4 amide bonds. The Hall–Kier alpha value is -4.69. The van der Waals surface area contributed by atoms with Crippen molar-refractivity contribution in [1.82, 2.24) is 24.7 Å². The first-order valence-corrected chi connectivity index (χ1v) is 14.1. The van der Waals surface area contributed by atoms with Crippen molar-refractivity contribution in [3.8, 4) is 17.0 Å². The number of hydrogen-bond acceptors (Lipinski definition) is 7. The topological polar surface area (TPSA) is 141 Å². The molecule has 44 heavy (non-hydrogen) atoms. The zero-order valence-electron chi connectivity index (χ0n) is 24.5. The van der Waals surface area contributed by atoms with E-state index in [0.717, 1.165) is 0 Å². The molecule has 232 valence electrons. The Morgan fingerprint density at radius 2 is 1.82 bits per heavy atom. The number of piperazine rings is 1. The van der Waals surface area contributed by atoms with Crippen molar-refractivity contribution in [1.29, 1.82) is 0 Å². The molecule has 2 aliphatic heterocycles. The number of nitrogens with zero attached hydrogens (tertiary/aromatic N) is 5. The summed E-state index contributed by atoms with van der Waals surface area (Å²) in [6, 6.07) is 7.13. The minimum Gasteiger partial charge on any atom is -0.494 e. The first-order valence-electron chi connectivity index (χ1n) is 14.1. The first-order chi connectivity index (χ1) is 21.1. The zero-order valence-corrected chi connectivity index (χ0v) is 24.5. The maximum Gasteiger partial charge on any atom is 0.343 e. The fourth-order valence-electron chi connectivity index (χ4n) is 5.28. The number of aromatic nitrogens is 2. The minimum absolute atomic E-state index is 0.0266. The Kier molecular flexibility index (Phi) is 9.01. The molecule has 2 atom stereocenters. The number of urea groups is 1. The summed E-state index contributed by atoms with van der Waals surface area (Å²) in [7, 11) is 2.75. The Morgan fingerprint density at radius 3 is 2.48 bits per heavy atom. The van der Waals surface area contributed by atoms with Crippen LogP contribution in [0, 0.1) is 24.5 Å². The van der Waals surface area contributed by atoms with Crippen LogP contribution in [-0.2, 0) is 7.05 Å². The van der Waals surface area contributed by atoms with Crippen molar-refractivity contribution in [2.45, 2.75) is 13.0 Å². The van der Waals surface area contributed by atoms with Crippen LogP contribution in [0.2, 0.25) is 0 Å². The van der Waals surface area contributed by atoms with Crippen molar-refractivity contribution in [2.24, 2.45) is 18.0 Å². The van der Waals surface area contributed by atoms with Crippen molar-refractivity contribution < 1.29 is 33.0 Å². The summed E-state index contributed by atoms with van der Waals surface area (Å²) in [6.45, 7) is 4.14. The van der Waals surface area contributed by atoms with Crippen LogP contribution in [0.5, 0.6) is 5.75 Å². The van der Waals surface area contributed by atoms with Crippen molar-refractivity contribution >= 4 is 29.7 Å². The number of ether oxygens (including phenoxy) is 1. The van der Waals surface area contributed by atoms with Crippen LogP contribution >= 0.6 is 0 Å². The number of methoxy groups -OCH3 is 1. The molecule has 2 aromatic carbocycles. The predicted octanol–water partition coefficient (Wildman–Crippen LogP) is 2.46. The summed E-state index contributed by atoms with van der Waals surface area (Å²) < 4.78 is 35.1. The largest absolute Gasteiger partial charge is 0.494 e. The number of benzene rings is 2. The van der Waals surface area contributed by atoms with Crippen molar-refractivity contribution in [3.63, 3.8) is 0 Å². The number of aliphatic imine (C=N–C) groups is 1. The van der Waals surface area contributed by atoms with Gasteiger partial charge < -0.3 is 34.8 Å². The first kappa shape index (κ1) is 30.8. The lowest BCUT2D eigenvalue weighted by Crippen LogP contribution is -2.50. The molecule has 12 nitrogen and oxygen atoms in total. The van der Waals surface area contributed by atoms with E-state index >= 15 is 0 Å². The number of carbonyl (C=O) groups is 3. The highest BCUT2D eigenvalue weighted by atomic mass is 19.2. The molecule has 2 aliphatic rings. The van der Waals surface area contributed by atoms with Gasteiger partial charge in [-0.1, -0.05) is 0 Å². The molecule has 1 unspecified atom stereocenters. The lowest BCUT2D eigenvalue weighted by molar-refractivity contribution is 0.0669. The summed E-state index contributed by atoms with van der Waals surface area (Å²) in [6.07, 6.45) is 2.21. The van der Waals surface area contributed by atoms with Gasteiger partial charge in [-0.15, -0.1) is 0 Å². The van der Waals surface area contributed by atoms with Gasteiger partial charge in [-0.25, -0.2) is 19.2 Å². The van der Waals surface area contributed by atoms with Gasteiger partial charge in [0.2, 0.25) is 5.82 Å². The Balaban J connectivity index is 1.20. The molecular weight excluding hydrogens is 576 g/mol. The fourth-order valence-corrected chi connectivity index (χ4v) is 5.28. The highest BCUT2D eigenvalue weighted by Gasteiger charge is 2.27. The van der Waals surface area contributed by atoms with Gasteiger partial charge in [-0.2, -0.15) is 4.39 Å². The van der Waals surface area contributed by atoms with E-state index in [9.17, 15) is 28.3 Å². The number of anilines is 1. The maximum absolute atomic E-state index is 14.6. The van der Waals surface area contributed by atoms with Crippen LogP contribution < -0.4 is 15.4 Å². The van der Waals surface area contributed by atoms with Gasteiger partial charge in [0.05, 0.1) is 25.1 Å². The van der Waals surface area contributed by atoms with E-state index in [1.807, 2.05) is 0 Å². The van der Waals surface area contributed by atoms with Gasteiger partial charge >= 0.3 is 6.03 Å². The number of aryl methyl sites for hydroxylation is 1. The van der Waals surface area contributed by atoms with Crippen LogP contribution in [0.25, 0.3) is 11.3 Å². The van der Waals surface area contributed by atoms with Crippen LogP contribution in [0.4, 0.5) is 19.3 Å². The number of amides is 4. The van der Waals surface area contributed by atoms with E-state index in [1.54, 1.807) is 34.9 Å². The Bertz CT molecular complexity index is 1620. The van der Waals surface area contributed by atoms with Gasteiger partial charge in [0.1, 0.15) is 0 Å². The fraction of sp³-hybridized carbons (Fsp3) is 0.367. The Labute approximate surface area is 252 Å². The lowest BCUT2D eigenvalue weighted by Gasteiger charge is -2.34. The SMILES string of the molecule is COc1ccc(-c2cnc(C(=O)Nc3ccc(C(=O)N4CCN(C(=O)N=CC5CNC[C@@H]5O)CC4)c(C)c3)n2C)c(F)c1F. The van der Waals surface area contributed by atoms with E-state index in [1.165, 1.54) is 43.3 Å². The van der Waals surface area contributed by atoms with Gasteiger partial charge in [0.15, 0.2) is 17.4 Å². The smallest absolute Gasteiger partial charge is 0.343 e.